The van der Waals surface area contributed by atoms with Gasteiger partial charge >= 0.3 is 5.97 Å². The van der Waals surface area contributed by atoms with Gasteiger partial charge in [0.15, 0.2) is 0 Å². The lowest BCUT2D eigenvalue weighted by Crippen LogP contribution is -2.26. The highest BCUT2D eigenvalue weighted by Crippen LogP contribution is 2.15. The Morgan fingerprint density at radius 2 is 2.20 bits per heavy atom. The number of nitrogens with one attached hydrogen (secondary N) is 1. The first-order chi connectivity index (χ1) is 9.38. The number of halogens is 1. The number of benzene rings is 1. The van der Waals surface area contributed by atoms with Gasteiger partial charge in [-0.2, -0.15) is 11.8 Å². The molecule has 20 heavy (non-hydrogen) atoms. The Bertz CT molecular complexity index is 601. The minimum atomic E-state index is -3.84. The van der Waals surface area contributed by atoms with Crippen LogP contribution in [0.1, 0.15) is 10.4 Å². The summed E-state index contributed by atoms with van der Waals surface area (Å²) >= 11 is 1.50. The lowest BCUT2D eigenvalue weighted by molar-refractivity contribution is 0.0691. The van der Waals surface area contributed by atoms with Crippen molar-refractivity contribution in [1.29, 1.82) is 0 Å². The summed E-state index contributed by atoms with van der Waals surface area (Å²) in [6, 6.07) is 2.66. The topological polar surface area (TPSA) is 83.5 Å². The smallest absolute Gasteiger partial charge is 0.338 e. The molecule has 1 aromatic carbocycles. The van der Waals surface area contributed by atoms with Crippen LogP contribution in [0.5, 0.6) is 0 Å². The molecule has 0 aliphatic carbocycles. The van der Waals surface area contributed by atoms with Crippen LogP contribution in [0.15, 0.2) is 35.7 Å². The second kappa shape index (κ2) is 7.41. The monoisotopic (exact) mass is 319 g/mol. The number of carboxylic acids is 1. The molecule has 1 aromatic rings. The van der Waals surface area contributed by atoms with E-state index in [0.717, 1.165) is 18.2 Å². The third kappa shape index (κ3) is 4.62. The Morgan fingerprint density at radius 1 is 1.50 bits per heavy atom. The minimum absolute atomic E-state index is 0.195. The van der Waals surface area contributed by atoms with Crippen molar-refractivity contribution in [2.24, 2.45) is 0 Å². The second-order valence-corrected chi connectivity index (χ2v) is 6.62. The first-order valence-electron chi connectivity index (χ1n) is 5.59. The van der Waals surface area contributed by atoms with Crippen LogP contribution in [0.4, 0.5) is 4.39 Å². The Balaban J connectivity index is 2.80. The van der Waals surface area contributed by atoms with E-state index in [0.29, 0.717) is 11.5 Å². The van der Waals surface area contributed by atoms with Gasteiger partial charge in [-0.25, -0.2) is 22.3 Å². The predicted octanol–water partition coefficient (Wildman–Crippen LogP) is 1.72. The molecule has 0 aromatic heterocycles. The van der Waals surface area contributed by atoms with Crippen molar-refractivity contribution in [2.45, 2.75) is 4.90 Å². The average molecular weight is 319 g/mol. The Labute approximate surface area is 120 Å². The number of aromatic carboxylic acids is 1. The summed E-state index contributed by atoms with van der Waals surface area (Å²) in [7, 11) is -3.84. The van der Waals surface area contributed by atoms with Gasteiger partial charge in [0, 0.05) is 18.1 Å². The Morgan fingerprint density at radius 3 is 2.80 bits per heavy atom. The van der Waals surface area contributed by atoms with Crippen LogP contribution in [-0.2, 0) is 10.0 Å². The molecule has 0 atom stereocenters. The Hall–Kier alpha value is -1.38. The van der Waals surface area contributed by atoms with Crippen LogP contribution in [0.2, 0.25) is 0 Å². The first kappa shape index (κ1) is 16.7. The summed E-state index contributed by atoms with van der Waals surface area (Å²) in [6.07, 6.45) is 1.71. The zero-order valence-electron chi connectivity index (χ0n) is 10.5. The molecular formula is C12H14FNO4S2. The number of hydrogen-bond acceptors (Lipinski definition) is 4. The van der Waals surface area contributed by atoms with Crippen molar-refractivity contribution in [3.8, 4) is 0 Å². The molecule has 110 valence electrons. The van der Waals surface area contributed by atoms with E-state index in [4.69, 9.17) is 5.11 Å². The van der Waals surface area contributed by atoms with Crippen LogP contribution >= 0.6 is 11.8 Å². The van der Waals surface area contributed by atoms with Crippen LogP contribution in [0.3, 0.4) is 0 Å². The van der Waals surface area contributed by atoms with E-state index in [-0.39, 0.29) is 11.4 Å². The molecule has 0 bridgehead atoms. The highest BCUT2D eigenvalue weighted by atomic mass is 32.2. The number of rotatable bonds is 8. The third-order valence-electron chi connectivity index (χ3n) is 2.25. The Kier molecular flexibility index (Phi) is 6.18. The second-order valence-electron chi connectivity index (χ2n) is 3.71. The molecule has 0 amide bonds. The number of carboxylic acid groups (broad SMARTS) is 1. The average Bonchev–Trinajstić information content (AvgIpc) is 2.38. The maximum Gasteiger partial charge on any atom is 0.338 e. The van der Waals surface area contributed by atoms with Gasteiger partial charge < -0.3 is 5.11 Å². The van der Waals surface area contributed by atoms with E-state index < -0.39 is 27.4 Å². The van der Waals surface area contributed by atoms with Crippen LogP contribution in [-0.4, -0.2) is 37.5 Å². The quantitative estimate of drug-likeness (QED) is 0.563. The number of sulfonamides is 1. The summed E-state index contributed by atoms with van der Waals surface area (Å²) in [4.78, 5) is 10.5. The van der Waals surface area contributed by atoms with E-state index in [9.17, 15) is 17.6 Å². The number of hydrogen-bond donors (Lipinski definition) is 2. The van der Waals surface area contributed by atoms with Crippen molar-refractivity contribution >= 4 is 27.8 Å². The van der Waals surface area contributed by atoms with E-state index in [1.54, 1.807) is 6.08 Å². The molecule has 0 unspecified atom stereocenters. The summed E-state index contributed by atoms with van der Waals surface area (Å²) in [5, 5.41) is 8.76. The molecule has 0 fully saturated rings. The van der Waals surface area contributed by atoms with Crippen molar-refractivity contribution in [2.75, 3.05) is 18.1 Å². The van der Waals surface area contributed by atoms with Crippen LogP contribution in [0, 0.1) is 5.82 Å². The van der Waals surface area contributed by atoms with Gasteiger partial charge in [0.25, 0.3) is 0 Å². The molecule has 1 rings (SSSR count). The number of carbonyl (C=O) groups is 1. The third-order valence-corrected chi connectivity index (χ3v) is 4.68. The van der Waals surface area contributed by atoms with E-state index in [2.05, 4.69) is 11.3 Å². The first-order valence-corrected chi connectivity index (χ1v) is 8.23. The fourth-order valence-corrected chi connectivity index (χ4v) is 3.10. The lowest BCUT2D eigenvalue weighted by atomic mass is 10.2. The fraction of sp³-hybridized carbons (Fsp3) is 0.250. The van der Waals surface area contributed by atoms with Crippen molar-refractivity contribution in [3.63, 3.8) is 0 Å². The van der Waals surface area contributed by atoms with Crippen molar-refractivity contribution in [1.82, 2.24) is 4.72 Å². The van der Waals surface area contributed by atoms with E-state index in [1.165, 1.54) is 11.8 Å². The molecule has 0 saturated carbocycles. The van der Waals surface area contributed by atoms with Gasteiger partial charge in [-0.3, -0.25) is 0 Å². The molecule has 0 aliphatic heterocycles. The summed E-state index contributed by atoms with van der Waals surface area (Å²) < 4.78 is 39.3. The summed E-state index contributed by atoms with van der Waals surface area (Å²) in [6.45, 7) is 3.73. The van der Waals surface area contributed by atoms with Gasteiger partial charge in [-0.05, 0) is 18.2 Å². The molecule has 2 N–H and O–H groups in total. The normalized spacial score (nSPS) is 11.2. The SMILES string of the molecule is C=CCSCCNS(=O)(=O)c1ccc(F)c(C(=O)O)c1. The van der Waals surface area contributed by atoms with Crippen molar-refractivity contribution < 1.29 is 22.7 Å². The molecule has 0 radical (unpaired) electrons. The van der Waals surface area contributed by atoms with Crippen LogP contribution in [0.25, 0.3) is 0 Å². The highest BCUT2D eigenvalue weighted by molar-refractivity contribution is 7.99. The van der Waals surface area contributed by atoms with Crippen molar-refractivity contribution in [3.05, 3.63) is 42.2 Å². The molecule has 5 nitrogen and oxygen atoms in total. The predicted molar refractivity (Wildman–Crippen MR) is 76.1 cm³/mol. The standard InChI is InChI=1S/C12H14FNO4S2/c1-2-6-19-7-5-14-20(17,18)9-3-4-11(13)10(8-9)12(15)16/h2-4,8,14H,1,5-7H2,(H,15,16). The molecule has 0 aliphatic rings. The van der Waals surface area contributed by atoms with Gasteiger partial charge in [-0.15, -0.1) is 6.58 Å². The maximum absolute atomic E-state index is 13.2. The maximum atomic E-state index is 13.2. The van der Waals surface area contributed by atoms with Crippen LogP contribution < -0.4 is 4.72 Å². The van der Waals surface area contributed by atoms with Gasteiger partial charge in [-0.1, -0.05) is 6.08 Å². The van der Waals surface area contributed by atoms with Gasteiger partial charge in [0.2, 0.25) is 10.0 Å². The van der Waals surface area contributed by atoms with Gasteiger partial charge in [0.1, 0.15) is 5.82 Å². The summed E-state index contributed by atoms with van der Waals surface area (Å²) in [5.41, 5.74) is -0.672. The fourth-order valence-electron chi connectivity index (χ4n) is 1.33. The van der Waals surface area contributed by atoms with E-state index in [1.807, 2.05) is 0 Å². The van der Waals surface area contributed by atoms with Gasteiger partial charge in [0.05, 0.1) is 10.5 Å². The lowest BCUT2D eigenvalue weighted by Gasteiger charge is -2.07. The number of thioether (sulfide) groups is 1. The molecule has 0 saturated heterocycles. The largest absolute Gasteiger partial charge is 0.478 e. The van der Waals surface area contributed by atoms with E-state index >= 15 is 0 Å². The highest BCUT2D eigenvalue weighted by Gasteiger charge is 2.18. The zero-order valence-corrected chi connectivity index (χ0v) is 12.1. The molecule has 0 spiro atoms. The molecule has 0 heterocycles. The molecule has 8 heteroatoms. The summed E-state index contributed by atoms with van der Waals surface area (Å²) in [5.74, 6) is -1.22. The minimum Gasteiger partial charge on any atom is -0.478 e. The zero-order chi connectivity index (χ0) is 15.2. The molecular weight excluding hydrogens is 305 g/mol.